The largest absolute Gasteiger partial charge is 0.546 e. The number of hydrogen-bond acceptors (Lipinski definition) is 9. The molecule has 0 aliphatic heterocycles. The summed E-state index contributed by atoms with van der Waals surface area (Å²) in [4.78, 5) is 7.44. The second-order valence-corrected chi connectivity index (χ2v) is 7.47. The van der Waals surface area contributed by atoms with Gasteiger partial charge in [0.05, 0.1) is 18.6 Å². The van der Waals surface area contributed by atoms with Crippen molar-refractivity contribution in [2.24, 2.45) is 10.7 Å². The van der Waals surface area contributed by atoms with Crippen molar-refractivity contribution in [1.29, 1.82) is 0 Å². The van der Waals surface area contributed by atoms with E-state index in [1.54, 1.807) is 9.69 Å². The average Bonchev–Trinajstić information content (AvgIpc) is 3.19. The molecule has 27 heavy (non-hydrogen) atoms. The number of nitrogens with zero attached hydrogens (tertiary/aromatic N) is 5. The number of aliphatic imine (C=N–C) groups is 1. The van der Waals surface area contributed by atoms with Crippen molar-refractivity contribution in [3.63, 3.8) is 0 Å². The Hall–Kier alpha value is -1.84. The molecule has 15 heteroatoms. The maximum Gasteiger partial charge on any atom is 0.408 e. The van der Waals surface area contributed by atoms with Crippen LogP contribution in [0.2, 0.25) is 0 Å². The monoisotopic (exact) mass is 443 g/mol. The summed E-state index contributed by atoms with van der Waals surface area (Å²) in [6.07, 6.45) is -4.42. The molecule has 0 radical (unpaired) electrons. The van der Waals surface area contributed by atoms with E-state index >= 15 is 0 Å². The molecule has 0 spiro atoms. The van der Waals surface area contributed by atoms with Gasteiger partial charge in [0, 0.05) is 20.7 Å². The zero-order valence-electron chi connectivity index (χ0n) is 14.2. The fourth-order valence-corrected chi connectivity index (χ4v) is 4.12. The lowest BCUT2D eigenvalue weighted by Gasteiger charge is -2.16. The third-order valence-electron chi connectivity index (χ3n) is 2.82. The van der Waals surface area contributed by atoms with Gasteiger partial charge in [0.2, 0.25) is 0 Å². The highest BCUT2D eigenvalue weighted by Crippen LogP contribution is 2.33. The Labute approximate surface area is 164 Å². The SMILES string of the molecule is CCN(SCc1csc(NC(N)=NCC(F)(F)F)n1)c1n[s+]([O-])nc1OC. The minimum absolute atomic E-state index is 0.192. The Morgan fingerprint density at radius 2 is 2.26 bits per heavy atom. The minimum atomic E-state index is -4.42. The van der Waals surface area contributed by atoms with Gasteiger partial charge in [-0.3, -0.25) is 4.31 Å². The summed E-state index contributed by atoms with van der Waals surface area (Å²) in [5, 5.41) is 4.59. The summed E-state index contributed by atoms with van der Waals surface area (Å²) in [7, 11) is 1.42. The summed E-state index contributed by atoms with van der Waals surface area (Å²) in [5.74, 6) is 0.645. The molecule has 150 valence electrons. The third kappa shape index (κ3) is 6.67. The molecular formula is C12H16F3N7O2S3. The third-order valence-corrected chi connectivity index (χ3v) is 5.44. The highest BCUT2D eigenvalue weighted by atomic mass is 32.2. The molecule has 0 saturated carbocycles. The predicted octanol–water partition coefficient (Wildman–Crippen LogP) is 2.63. The van der Waals surface area contributed by atoms with Crippen LogP contribution in [0.25, 0.3) is 0 Å². The minimum Gasteiger partial charge on any atom is -0.546 e. The van der Waals surface area contributed by atoms with Crippen molar-refractivity contribution in [3.8, 4) is 5.88 Å². The molecule has 2 aromatic rings. The summed E-state index contributed by atoms with van der Waals surface area (Å²) in [5.41, 5.74) is 6.08. The van der Waals surface area contributed by atoms with Crippen LogP contribution in [0.5, 0.6) is 5.88 Å². The summed E-state index contributed by atoms with van der Waals surface area (Å²) < 4.78 is 62.3. The number of halogens is 3. The molecule has 9 nitrogen and oxygen atoms in total. The van der Waals surface area contributed by atoms with E-state index in [9.17, 15) is 17.7 Å². The van der Waals surface area contributed by atoms with E-state index in [-0.39, 0.29) is 11.8 Å². The van der Waals surface area contributed by atoms with Crippen LogP contribution in [-0.2, 0) is 5.75 Å². The zero-order valence-corrected chi connectivity index (χ0v) is 16.6. The standard InChI is InChI=1S/C12H16F3N7O2S3/c1-3-22(8-9(24-2)21-27(23)20-8)26-5-7-4-25-11(18-7)19-10(16)17-6-12(13,14)15/h4H,3,5-6H2,1-2H3,(H3,16,17,18,19). The quantitative estimate of drug-likeness (QED) is 0.274. The average molecular weight is 444 g/mol. The Balaban J connectivity index is 1.94. The first kappa shape index (κ1) is 21.5. The van der Waals surface area contributed by atoms with Gasteiger partial charge in [-0.1, -0.05) is 0 Å². The van der Waals surface area contributed by atoms with E-state index < -0.39 is 23.9 Å². The van der Waals surface area contributed by atoms with Gasteiger partial charge >= 0.3 is 12.1 Å². The Kier molecular flexibility index (Phi) is 7.46. The highest BCUT2D eigenvalue weighted by Gasteiger charge is 2.26. The summed E-state index contributed by atoms with van der Waals surface area (Å²) in [6.45, 7) is 1.07. The van der Waals surface area contributed by atoms with Gasteiger partial charge in [-0.2, -0.15) is 13.2 Å². The van der Waals surface area contributed by atoms with Crippen LogP contribution in [0.4, 0.5) is 24.1 Å². The van der Waals surface area contributed by atoms with E-state index in [0.717, 1.165) is 0 Å². The zero-order chi connectivity index (χ0) is 20.0. The highest BCUT2D eigenvalue weighted by molar-refractivity contribution is 7.99. The lowest BCUT2D eigenvalue weighted by molar-refractivity contribution is -0.118. The van der Waals surface area contributed by atoms with Crippen molar-refractivity contribution in [2.75, 3.05) is 29.8 Å². The number of aromatic nitrogens is 3. The Morgan fingerprint density at radius 1 is 1.52 bits per heavy atom. The molecule has 0 aliphatic carbocycles. The van der Waals surface area contributed by atoms with Crippen molar-refractivity contribution in [3.05, 3.63) is 11.1 Å². The maximum atomic E-state index is 12.1. The molecule has 0 amide bonds. The van der Waals surface area contributed by atoms with Crippen LogP contribution in [0, 0.1) is 0 Å². The molecule has 0 aliphatic rings. The van der Waals surface area contributed by atoms with Gasteiger partial charge < -0.3 is 20.3 Å². The van der Waals surface area contributed by atoms with Crippen LogP contribution in [0.1, 0.15) is 12.6 Å². The topological polar surface area (TPSA) is 125 Å². The smallest absolute Gasteiger partial charge is 0.408 e. The van der Waals surface area contributed by atoms with Crippen molar-refractivity contribution < 1.29 is 22.5 Å². The van der Waals surface area contributed by atoms with E-state index in [1.807, 2.05) is 6.92 Å². The van der Waals surface area contributed by atoms with Gasteiger partial charge in [0.25, 0.3) is 5.82 Å². The number of alkyl halides is 3. The molecule has 1 unspecified atom stereocenters. The van der Waals surface area contributed by atoms with Crippen LogP contribution in [0.15, 0.2) is 10.4 Å². The summed E-state index contributed by atoms with van der Waals surface area (Å²) in [6, 6.07) is 0. The molecule has 2 heterocycles. The number of hydrogen-bond donors (Lipinski definition) is 2. The van der Waals surface area contributed by atoms with Crippen molar-refractivity contribution >= 4 is 51.3 Å². The second kappa shape index (κ2) is 9.38. The first-order chi connectivity index (χ1) is 12.7. The van der Waals surface area contributed by atoms with E-state index in [4.69, 9.17) is 10.5 Å². The van der Waals surface area contributed by atoms with Crippen LogP contribution in [-0.4, -0.2) is 50.6 Å². The molecule has 2 rings (SSSR count). The van der Waals surface area contributed by atoms with E-state index in [0.29, 0.717) is 28.9 Å². The maximum absolute atomic E-state index is 12.1. The molecule has 0 bridgehead atoms. The number of rotatable bonds is 8. The van der Waals surface area contributed by atoms with Crippen LogP contribution >= 0.6 is 34.4 Å². The molecule has 0 saturated heterocycles. The molecular weight excluding hydrogens is 427 g/mol. The van der Waals surface area contributed by atoms with E-state index in [1.165, 1.54) is 30.4 Å². The predicted molar refractivity (Wildman–Crippen MR) is 99.8 cm³/mol. The fourth-order valence-electron chi connectivity index (χ4n) is 1.73. The number of nitrogens with two attached hydrogens (primary N) is 1. The normalized spacial score (nSPS) is 13.0. The number of guanidine groups is 1. The van der Waals surface area contributed by atoms with Gasteiger partial charge in [-0.25, -0.2) is 9.98 Å². The molecule has 1 atom stereocenters. The Morgan fingerprint density at radius 3 is 2.89 bits per heavy atom. The van der Waals surface area contributed by atoms with Gasteiger partial charge in [0.1, 0.15) is 6.54 Å². The van der Waals surface area contributed by atoms with Gasteiger partial charge in [0.15, 0.2) is 22.2 Å². The molecule has 0 aromatic carbocycles. The van der Waals surface area contributed by atoms with Crippen molar-refractivity contribution in [1.82, 2.24) is 13.7 Å². The lowest BCUT2D eigenvalue weighted by atomic mass is 10.6. The number of nitrogens with one attached hydrogen (secondary N) is 1. The lowest BCUT2D eigenvalue weighted by Crippen LogP contribution is -2.25. The van der Waals surface area contributed by atoms with Gasteiger partial charge in [-0.05, 0) is 18.9 Å². The fraction of sp³-hybridized carbons (Fsp3) is 0.500. The second-order valence-electron chi connectivity index (χ2n) is 4.80. The number of thiazole rings is 1. The molecule has 3 N–H and O–H groups in total. The Bertz CT molecular complexity index is 781. The number of methoxy groups -OCH3 is 1. The van der Waals surface area contributed by atoms with Gasteiger partial charge in [-0.15, -0.1) is 11.3 Å². The molecule has 2 aromatic heterocycles. The van der Waals surface area contributed by atoms with Crippen molar-refractivity contribution in [2.45, 2.75) is 18.9 Å². The number of ether oxygens (including phenoxy) is 1. The molecule has 0 fully saturated rings. The van der Waals surface area contributed by atoms with Crippen LogP contribution < -0.4 is 20.1 Å². The summed E-state index contributed by atoms with van der Waals surface area (Å²) >= 11 is 0.838. The first-order valence-electron chi connectivity index (χ1n) is 7.34. The van der Waals surface area contributed by atoms with E-state index in [2.05, 4.69) is 24.0 Å². The number of anilines is 2. The van der Waals surface area contributed by atoms with Crippen LogP contribution in [0.3, 0.4) is 0 Å². The first-order valence-corrected chi connectivity index (χ1v) is 10.2.